The Morgan fingerprint density at radius 3 is 2.54 bits per heavy atom. The molecule has 5 atom stereocenters. The van der Waals surface area contributed by atoms with Crippen LogP contribution >= 0.6 is 0 Å². The van der Waals surface area contributed by atoms with Crippen molar-refractivity contribution in [1.29, 1.82) is 0 Å². The second-order valence-electron chi connectivity index (χ2n) is 10.1. The van der Waals surface area contributed by atoms with E-state index in [4.69, 9.17) is 11.3 Å². The summed E-state index contributed by atoms with van der Waals surface area (Å²) < 4.78 is 0. The Kier molecular flexibility index (Phi) is 8.65. The van der Waals surface area contributed by atoms with Gasteiger partial charge >= 0.3 is 0 Å². The van der Waals surface area contributed by atoms with Gasteiger partial charge in [-0.3, -0.25) is 10.1 Å². The van der Waals surface area contributed by atoms with Crippen LogP contribution in [0.25, 0.3) is 0 Å². The van der Waals surface area contributed by atoms with Gasteiger partial charge in [0.15, 0.2) is 0 Å². The first-order valence-corrected chi connectivity index (χ1v) is 13.1. The van der Waals surface area contributed by atoms with Crippen molar-refractivity contribution in [3.63, 3.8) is 0 Å². The molecule has 37 heavy (non-hydrogen) atoms. The molecule has 2 unspecified atom stereocenters. The monoisotopic (exact) mass is 506 g/mol. The van der Waals surface area contributed by atoms with E-state index in [0.29, 0.717) is 12.8 Å². The van der Waals surface area contributed by atoms with Crippen LogP contribution in [0.4, 0.5) is 5.69 Å². The van der Waals surface area contributed by atoms with Crippen molar-refractivity contribution in [1.82, 2.24) is 0 Å². The average Bonchev–Trinajstić information content (AvgIpc) is 2.91. The first-order chi connectivity index (χ1) is 17.6. The molecule has 1 fully saturated rings. The maximum Gasteiger partial charge on any atom is 0.269 e. The van der Waals surface area contributed by atoms with Gasteiger partial charge in [0, 0.05) is 23.1 Å². The van der Waals surface area contributed by atoms with Gasteiger partial charge in [-0.1, -0.05) is 51.8 Å². The summed E-state index contributed by atoms with van der Waals surface area (Å²) >= 11 is 0. The van der Waals surface area contributed by atoms with E-state index < -0.39 is 15.9 Å². The lowest BCUT2D eigenvalue weighted by atomic mass is 9.50. The zero-order chi connectivity index (χ0) is 27.4. The number of nitrogens with zero attached hydrogens (tertiary/aromatic N) is 2. The zero-order valence-electron chi connectivity index (χ0n) is 22.4. The fraction of sp³-hybridized carbons (Fsp3) is 0.500. The maximum atomic E-state index is 11.3. The van der Waals surface area contributed by atoms with Gasteiger partial charge in [0.25, 0.3) is 5.69 Å². The largest absolute Gasteiger partial charge is 0.508 e. The number of hydrogen-bond acceptors (Lipinski definition) is 6. The second kappa shape index (κ2) is 11.4. The molecule has 0 saturated heterocycles. The van der Waals surface area contributed by atoms with Crippen LogP contribution in [0.5, 0.6) is 5.75 Å². The van der Waals surface area contributed by atoms with Gasteiger partial charge < -0.3 is 15.1 Å². The van der Waals surface area contributed by atoms with Crippen molar-refractivity contribution in [3.8, 4) is 18.1 Å². The molecule has 0 bridgehead atoms. The van der Waals surface area contributed by atoms with Gasteiger partial charge in [-0.25, -0.2) is 0 Å². The summed E-state index contributed by atoms with van der Waals surface area (Å²) in [6, 6.07) is 11.6. The van der Waals surface area contributed by atoms with Crippen LogP contribution in [0.2, 0.25) is 0 Å². The number of hydrogen-bond donors (Lipinski definition) is 2. The Labute approximate surface area is 219 Å². The highest BCUT2D eigenvalue weighted by molar-refractivity contribution is 6.03. The van der Waals surface area contributed by atoms with Crippen molar-refractivity contribution < 1.29 is 20.0 Å². The number of aromatic hydroxyl groups is 1. The Morgan fingerprint density at radius 1 is 1.27 bits per heavy atom. The van der Waals surface area contributed by atoms with Crippen LogP contribution in [0.15, 0.2) is 47.6 Å². The van der Waals surface area contributed by atoms with Crippen LogP contribution in [0.3, 0.4) is 0 Å². The minimum absolute atomic E-state index is 0.0242. The van der Waals surface area contributed by atoms with E-state index in [1.165, 1.54) is 12.1 Å². The third-order valence-electron chi connectivity index (χ3n) is 8.56. The van der Waals surface area contributed by atoms with Crippen LogP contribution in [0, 0.1) is 39.7 Å². The number of terminal acetylenes is 1. The van der Waals surface area contributed by atoms with Crippen molar-refractivity contribution in [2.45, 2.75) is 78.4 Å². The van der Waals surface area contributed by atoms with E-state index in [2.05, 4.69) is 24.9 Å². The van der Waals surface area contributed by atoms with Gasteiger partial charge in [-0.15, -0.1) is 6.42 Å². The standard InChI is InChI=1S/C28H32N2O5.C2H6/c1-5-28(32,6-2)27(4)14-13-23-22-12-11-21(31)15-25(22)26(16-24(23)18(27)3)29-35-17-19-7-9-20(10-8-19)30(33)34;1-2/h1,7-12,15,18,23-24,31-32H,6,13-14,16-17H2,2-4H3;1-2H3/b29-26+;/t18?,23?,24-,27-,28-;/m0./s1. The highest BCUT2D eigenvalue weighted by Crippen LogP contribution is 2.58. The maximum absolute atomic E-state index is 11.3. The Morgan fingerprint density at radius 2 is 1.95 bits per heavy atom. The predicted molar refractivity (Wildman–Crippen MR) is 145 cm³/mol. The summed E-state index contributed by atoms with van der Waals surface area (Å²) in [5.41, 5.74) is 1.94. The first kappa shape index (κ1) is 28.2. The molecule has 0 radical (unpaired) electrons. The molecule has 2 aliphatic carbocycles. The summed E-state index contributed by atoms with van der Waals surface area (Å²) in [6.45, 7) is 10.4. The van der Waals surface area contributed by atoms with Crippen LogP contribution < -0.4 is 0 Å². The summed E-state index contributed by atoms with van der Waals surface area (Å²) in [5.74, 6) is 3.48. The third-order valence-corrected chi connectivity index (χ3v) is 8.56. The number of aliphatic hydroxyl groups is 1. The number of benzene rings is 2. The van der Waals surface area contributed by atoms with E-state index >= 15 is 0 Å². The molecule has 4 rings (SSSR count). The number of phenolic OH excluding ortho intramolecular Hbond substituents is 1. The first-order valence-electron chi connectivity index (χ1n) is 13.1. The summed E-state index contributed by atoms with van der Waals surface area (Å²) in [4.78, 5) is 16.1. The minimum atomic E-state index is -1.18. The molecule has 0 aromatic heterocycles. The molecule has 1 saturated carbocycles. The van der Waals surface area contributed by atoms with Crippen molar-refractivity contribution in [2.75, 3.05) is 0 Å². The number of non-ortho nitro benzene ring substituents is 1. The number of rotatable bonds is 6. The van der Waals surface area contributed by atoms with Gasteiger partial charge in [-0.05, 0) is 78.8 Å². The minimum Gasteiger partial charge on any atom is -0.508 e. The highest BCUT2D eigenvalue weighted by atomic mass is 16.6. The van der Waals surface area contributed by atoms with E-state index in [0.717, 1.165) is 35.2 Å². The molecule has 2 aromatic carbocycles. The van der Waals surface area contributed by atoms with Crippen molar-refractivity contribution >= 4 is 11.4 Å². The molecule has 2 aliphatic rings. The smallest absolute Gasteiger partial charge is 0.269 e. The van der Waals surface area contributed by atoms with Crippen molar-refractivity contribution in [2.24, 2.45) is 22.4 Å². The summed E-state index contributed by atoms with van der Waals surface area (Å²) in [5, 5.41) is 36.8. The zero-order valence-corrected chi connectivity index (χ0v) is 22.4. The summed E-state index contributed by atoms with van der Waals surface area (Å²) in [6.07, 6.45) is 8.66. The lowest BCUT2D eigenvalue weighted by Crippen LogP contribution is -2.55. The molecule has 2 N–H and O–H groups in total. The molecule has 0 spiro atoms. The Hall–Kier alpha value is -3.37. The van der Waals surface area contributed by atoms with Crippen LogP contribution in [0.1, 0.15) is 82.9 Å². The number of nitro groups is 1. The van der Waals surface area contributed by atoms with E-state index in [-0.39, 0.29) is 35.8 Å². The molecule has 0 amide bonds. The van der Waals surface area contributed by atoms with E-state index in [1.54, 1.807) is 24.3 Å². The SMILES string of the molecule is C#C[C@](O)(CC)[C@@]1(C)CCC2c3ccc(O)cc3/C(=N/OCc3ccc([N+](=O)[O-])cc3)C[C@H]2C1C.CC. The summed E-state index contributed by atoms with van der Waals surface area (Å²) in [7, 11) is 0. The topological polar surface area (TPSA) is 105 Å². The van der Waals surface area contributed by atoms with E-state index in [9.17, 15) is 20.3 Å². The van der Waals surface area contributed by atoms with Gasteiger partial charge in [0.1, 0.15) is 18.0 Å². The van der Waals surface area contributed by atoms with E-state index in [1.807, 2.05) is 26.8 Å². The second-order valence-corrected chi connectivity index (χ2v) is 10.1. The Bertz CT molecular complexity index is 1190. The lowest BCUT2D eigenvalue weighted by molar-refractivity contribution is -0.384. The van der Waals surface area contributed by atoms with Crippen molar-refractivity contribution in [3.05, 3.63) is 69.3 Å². The van der Waals surface area contributed by atoms with Gasteiger partial charge in [-0.2, -0.15) is 0 Å². The lowest BCUT2D eigenvalue weighted by Gasteiger charge is -2.55. The predicted octanol–water partition coefficient (Wildman–Crippen LogP) is 6.56. The fourth-order valence-electron chi connectivity index (χ4n) is 6.11. The quantitative estimate of drug-likeness (QED) is 0.262. The number of oxime groups is 1. The third kappa shape index (κ3) is 5.21. The molecule has 198 valence electrons. The molecule has 7 nitrogen and oxygen atoms in total. The molecule has 0 heterocycles. The molecule has 0 aliphatic heterocycles. The number of nitro benzene ring substituents is 1. The Balaban J connectivity index is 0.00000186. The highest BCUT2D eigenvalue weighted by Gasteiger charge is 2.55. The number of fused-ring (bicyclic) bond motifs is 3. The molecule has 2 aromatic rings. The fourth-order valence-corrected chi connectivity index (χ4v) is 6.11. The average molecular weight is 507 g/mol. The molecule has 7 heteroatoms. The van der Waals surface area contributed by atoms with Crippen LogP contribution in [-0.4, -0.2) is 26.4 Å². The van der Waals surface area contributed by atoms with Crippen LogP contribution in [-0.2, 0) is 11.4 Å². The van der Waals surface area contributed by atoms with Gasteiger partial charge in [0.2, 0.25) is 0 Å². The normalized spacial score (nSPS) is 26.9. The van der Waals surface area contributed by atoms with Gasteiger partial charge in [0.05, 0.1) is 10.6 Å². The molecular weight excluding hydrogens is 468 g/mol. The molecular formula is C30H38N2O5. The number of phenols is 1.